The number of nitrogens with zero attached hydrogens (tertiary/aromatic N) is 7. The third-order valence-electron chi connectivity index (χ3n) is 4.28. The van der Waals surface area contributed by atoms with Crippen LogP contribution in [0.3, 0.4) is 0 Å². The lowest BCUT2D eigenvalue weighted by Gasteiger charge is -2.35. The van der Waals surface area contributed by atoms with E-state index in [4.69, 9.17) is 4.98 Å². The fourth-order valence-electron chi connectivity index (χ4n) is 2.72. The Hall–Kier alpha value is -1.96. The molecule has 0 spiro atoms. The summed E-state index contributed by atoms with van der Waals surface area (Å²) in [7, 11) is 3.92. The predicted molar refractivity (Wildman–Crippen MR) is 92.7 cm³/mol. The largest absolute Gasteiger partial charge is 0.353 e. The van der Waals surface area contributed by atoms with Crippen LogP contribution in [0.1, 0.15) is 24.6 Å². The first kappa shape index (κ1) is 14.6. The van der Waals surface area contributed by atoms with Gasteiger partial charge in [-0.1, -0.05) is 0 Å². The second-order valence-corrected chi connectivity index (χ2v) is 7.02. The van der Waals surface area contributed by atoms with Crippen molar-refractivity contribution in [1.29, 1.82) is 0 Å². The molecular weight excluding hydrogens is 310 g/mol. The Morgan fingerprint density at radius 2 is 1.83 bits per heavy atom. The van der Waals surface area contributed by atoms with Gasteiger partial charge in [0.05, 0.1) is 0 Å². The molecule has 0 radical (unpaired) electrons. The first-order chi connectivity index (χ1) is 11.2. The molecule has 1 saturated heterocycles. The standard InChI is InChI=1S/C15H21N7S/c1-20(2)14-16-6-5-12(17-14)21-7-9-22(10-8-21)15-18-13(19-23-15)11-3-4-11/h5-6,11H,3-4,7-10H2,1-2H3. The Morgan fingerprint density at radius 3 is 2.52 bits per heavy atom. The summed E-state index contributed by atoms with van der Waals surface area (Å²) in [4.78, 5) is 20.2. The molecule has 0 amide bonds. The summed E-state index contributed by atoms with van der Waals surface area (Å²) in [5.41, 5.74) is 0. The fraction of sp³-hybridized carbons (Fsp3) is 0.600. The van der Waals surface area contributed by atoms with Crippen LogP contribution in [0, 0.1) is 0 Å². The van der Waals surface area contributed by atoms with Gasteiger partial charge in [0.15, 0.2) is 0 Å². The third-order valence-corrected chi connectivity index (χ3v) is 5.07. The van der Waals surface area contributed by atoms with Crippen LogP contribution >= 0.6 is 11.5 Å². The van der Waals surface area contributed by atoms with E-state index in [1.807, 2.05) is 31.3 Å². The Kier molecular flexibility index (Phi) is 3.76. The van der Waals surface area contributed by atoms with Crippen molar-refractivity contribution in [2.75, 3.05) is 55.0 Å². The van der Waals surface area contributed by atoms with Crippen molar-refractivity contribution < 1.29 is 0 Å². The van der Waals surface area contributed by atoms with E-state index in [2.05, 4.69) is 24.1 Å². The summed E-state index contributed by atoms with van der Waals surface area (Å²) in [5, 5.41) is 1.07. The predicted octanol–water partition coefficient (Wildman–Crippen LogP) is 1.60. The number of aromatic nitrogens is 4. The molecule has 1 aliphatic carbocycles. The lowest BCUT2D eigenvalue weighted by Crippen LogP contribution is -2.46. The number of rotatable bonds is 4. The van der Waals surface area contributed by atoms with Crippen LogP contribution in [-0.4, -0.2) is 59.6 Å². The first-order valence-corrected chi connectivity index (χ1v) is 8.82. The molecule has 122 valence electrons. The highest BCUT2D eigenvalue weighted by Crippen LogP contribution is 2.39. The lowest BCUT2D eigenvalue weighted by atomic mass is 10.3. The number of hydrogen-bond acceptors (Lipinski definition) is 8. The SMILES string of the molecule is CN(C)c1nccc(N2CCN(c3nc(C4CC4)ns3)CC2)n1. The summed E-state index contributed by atoms with van der Waals surface area (Å²) in [5.74, 6) is 3.44. The Labute approximate surface area is 140 Å². The molecular formula is C15H21N7S. The van der Waals surface area contributed by atoms with E-state index >= 15 is 0 Å². The summed E-state index contributed by atoms with van der Waals surface area (Å²) >= 11 is 1.54. The van der Waals surface area contributed by atoms with Gasteiger partial charge in [-0.15, -0.1) is 0 Å². The molecule has 23 heavy (non-hydrogen) atoms. The first-order valence-electron chi connectivity index (χ1n) is 8.04. The van der Waals surface area contributed by atoms with Crippen LogP contribution in [-0.2, 0) is 0 Å². The van der Waals surface area contributed by atoms with Crippen LogP contribution < -0.4 is 14.7 Å². The van der Waals surface area contributed by atoms with E-state index < -0.39 is 0 Å². The summed E-state index contributed by atoms with van der Waals surface area (Å²) in [6.45, 7) is 3.81. The molecule has 8 heteroatoms. The van der Waals surface area contributed by atoms with Gasteiger partial charge >= 0.3 is 0 Å². The van der Waals surface area contributed by atoms with Gasteiger partial charge in [-0.3, -0.25) is 0 Å². The maximum atomic E-state index is 4.71. The van der Waals surface area contributed by atoms with Crippen LogP contribution in [0.25, 0.3) is 0 Å². The number of hydrogen-bond donors (Lipinski definition) is 0. The highest BCUT2D eigenvalue weighted by molar-refractivity contribution is 7.09. The van der Waals surface area contributed by atoms with E-state index in [9.17, 15) is 0 Å². The second-order valence-electron chi connectivity index (χ2n) is 6.29. The van der Waals surface area contributed by atoms with Crippen LogP contribution in [0.15, 0.2) is 12.3 Å². The van der Waals surface area contributed by atoms with Gasteiger partial charge in [0.2, 0.25) is 11.1 Å². The molecule has 1 saturated carbocycles. The van der Waals surface area contributed by atoms with E-state index in [-0.39, 0.29) is 0 Å². The van der Waals surface area contributed by atoms with Crippen LogP contribution in [0.5, 0.6) is 0 Å². The van der Waals surface area contributed by atoms with Crippen LogP contribution in [0.4, 0.5) is 16.9 Å². The molecule has 2 fully saturated rings. The van der Waals surface area contributed by atoms with Crippen molar-refractivity contribution in [2.24, 2.45) is 0 Å². The molecule has 1 aliphatic heterocycles. The summed E-state index contributed by atoms with van der Waals surface area (Å²) in [6.07, 6.45) is 4.34. The monoisotopic (exact) mass is 331 g/mol. The number of anilines is 3. The Bertz CT molecular complexity index is 674. The smallest absolute Gasteiger partial charge is 0.226 e. The molecule has 2 aromatic rings. The molecule has 0 atom stereocenters. The zero-order chi connectivity index (χ0) is 15.8. The van der Waals surface area contributed by atoms with Crippen molar-refractivity contribution in [3.05, 3.63) is 18.1 Å². The van der Waals surface area contributed by atoms with Crippen molar-refractivity contribution in [3.63, 3.8) is 0 Å². The van der Waals surface area contributed by atoms with Gasteiger partial charge in [-0.05, 0) is 18.9 Å². The molecule has 0 aromatic carbocycles. The topological polar surface area (TPSA) is 61.3 Å². The van der Waals surface area contributed by atoms with Gasteiger partial charge in [0.1, 0.15) is 11.6 Å². The van der Waals surface area contributed by atoms with Crippen molar-refractivity contribution in [3.8, 4) is 0 Å². The minimum Gasteiger partial charge on any atom is -0.353 e. The third kappa shape index (κ3) is 3.08. The van der Waals surface area contributed by atoms with Gasteiger partial charge in [0, 0.05) is 63.9 Å². The highest BCUT2D eigenvalue weighted by Gasteiger charge is 2.29. The second kappa shape index (κ2) is 5.92. The van der Waals surface area contributed by atoms with Gasteiger partial charge < -0.3 is 14.7 Å². The van der Waals surface area contributed by atoms with E-state index in [1.165, 1.54) is 12.8 Å². The quantitative estimate of drug-likeness (QED) is 0.843. The molecule has 4 rings (SSSR count). The molecule has 2 aromatic heterocycles. The molecule has 2 aliphatic rings. The molecule has 3 heterocycles. The maximum Gasteiger partial charge on any atom is 0.226 e. The average molecular weight is 331 g/mol. The normalized spacial score (nSPS) is 18.3. The zero-order valence-electron chi connectivity index (χ0n) is 13.5. The van der Waals surface area contributed by atoms with Gasteiger partial charge in [-0.25, -0.2) is 9.97 Å². The van der Waals surface area contributed by atoms with E-state index in [0.717, 1.165) is 48.9 Å². The Morgan fingerprint density at radius 1 is 1.09 bits per heavy atom. The van der Waals surface area contributed by atoms with Crippen molar-refractivity contribution in [1.82, 2.24) is 19.3 Å². The summed E-state index contributed by atoms with van der Waals surface area (Å²) < 4.78 is 4.51. The zero-order valence-corrected chi connectivity index (χ0v) is 14.3. The van der Waals surface area contributed by atoms with E-state index in [1.54, 1.807) is 11.5 Å². The minimum absolute atomic E-state index is 0.631. The molecule has 7 nitrogen and oxygen atoms in total. The van der Waals surface area contributed by atoms with Crippen molar-refractivity contribution in [2.45, 2.75) is 18.8 Å². The van der Waals surface area contributed by atoms with Crippen molar-refractivity contribution >= 4 is 28.4 Å². The maximum absolute atomic E-state index is 4.71. The molecule has 0 unspecified atom stereocenters. The Balaban J connectivity index is 1.41. The molecule has 0 bridgehead atoms. The summed E-state index contributed by atoms with van der Waals surface area (Å²) in [6, 6.07) is 1.98. The fourth-order valence-corrected chi connectivity index (χ4v) is 3.52. The highest BCUT2D eigenvalue weighted by atomic mass is 32.1. The minimum atomic E-state index is 0.631. The number of piperazine rings is 1. The van der Waals surface area contributed by atoms with Crippen LogP contribution in [0.2, 0.25) is 0 Å². The van der Waals surface area contributed by atoms with Gasteiger partial charge in [-0.2, -0.15) is 9.36 Å². The van der Waals surface area contributed by atoms with Gasteiger partial charge in [0.25, 0.3) is 0 Å². The van der Waals surface area contributed by atoms with E-state index in [0.29, 0.717) is 5.92 Å². The average Bonchev–Trinajstić information content (AvgIpc) is 3.32. The molecule has 0 N–H and O–H groups in total. The lowest BCUT2D eigenvalue weighted by molar-refractivity contribution is 0.644.